The Morgan fingerprint density at radius 2 is 1.74 bits per heavy atom. The summed E-state index contributed by atoms with van der Waals surface area (Å²) in [5, 5.41) is 7.71. The molecule has 2 N–H and O–H groups in total. The number of anilines is 1. The third-order valence-corrected chi connectivity index (χ3v) is 4.69. The predicted molar refractivity (Wildman–Crippen MR) is 108 cm³/mol. The summed E-state index contributed by atoms with van der Waals surface area (Å²) in [6, 6.07) is 19.7. The largest absolute Gasteiger partial charge is 0.494 e. The number of ketones is 1. The number of hydrogen-bond acceptors (Lipinski definition) is 5. The molecule has 0 aliphatic rings. The van der Waals surface area contributed by atoms with Crippen LogP contribution in [0.1, 0.15) is 27.0 Å². The van der Waals surface area contributed by atoms with Crippen molar-refractivity contribution in [1.82, 2.24) is 5.32 Å². The van der Waals surface area contributed by atoms with E-state index >= 15 is 0 Å². The van der Waals surface area contributed by atoms with Gasteiger partial charge in [0.1, 0.15) is 5.75 Å². The van der Waals surface area contributed by atoms with Crippen LogP contribution in [0.4, 0.5) is 5.69 Å². The molecule has 0 saturated heterocycles. The van der Waals surface area contributed by atoms with Crippen molar-refractivity contribution in [2.24, 2.45) is 0 Å². The van der Waals surface area contributed by atoms with Gasteiger partial charge < -0.3 is 15.4 Å². The quantitative estimate of drug-likeness (QED) is 0.454. The van der Waals surface area contributed by atoms with Crippen LogP contribution in [0.2, 0.25) is 0 Å². The van der Waals surface area contributed by atoms with Gasteiger partial charge in [0, 0.05) is 11.3 Å². The maximum atomic E-state index is 12.9. The van der Waals surface area contributed by atoms with Crippen LogP contribution in [0.3, 0.4) is 0 Å². The molecule has 3 aromatic rings. The summed E-state index contributed by atoms with van der Waals surface area (Å²) in [7, 11) is 0. The van der Waals surface area contributed by atoms with E-state index in [-0.39, 0.29) is 11.7 Å². The standard InChI is InChI=1S/C21H20N2O3S/c1-2-26-17-12-10-16(11-13-17)22-20(19(24)15-7-4-3-5-8-15)23-21(25)18-9-6-14-27-18/h3-14,20,22H,2H2,1H3,(H,23,25). The summed E-state index contributed by atoms with van der Waals surface area (Å²) in [6.07, 6.45) is -0.889. The van der Waals surface area contributed by atoms with Gasteiger partial charge in [-0.3, -0.25) is 9.59 Å². The fourth-order valence-corrected chi connectivity index (χ4v) is 3.15. The lowest BCUT2D eigenvalue weighted by atomic mass is 10.1. The molecule has 1 heterocycles. The smallest absolute Gasteiger partial charge is 0.263 e. The highest BCUT2D eigenvalue weighted by Crippen LogP contribution is 2.17. The highest BCUT2D eigenvalue weighted by molar-refractivity contribution is 7.12. The SMILES string of the molecule is CCOc1ccc(NC(NC(=O)c2cccs2)C(=O)c2ccccc2)cc1. The predicted octanol–water partition coefficient (Wildman–Crippen LogP) is 4.20. The van der Waals surface area contributed by atoms with Gasteiger partial charge in [0.2, 0.25) is 5.78 Å². The molecule has 5 nitrogen and oxygen atoms in total. The molecule has 6 heteroatoms. The van der Waals surface area contributed by atoms with E-state index in [0.29, 0.717) is 22.7 Å². The Bertz CT molecular complexity index is 878. The number of carbonyl (C=O) groups is 2. The number of amides is 1. The van der Waals surface area contributed by atoms with Gasteiger partial charge in [0.05, 0.1) is 11.5 Å². The van der Waals surface area contributed by atoms with Gasteiger partial charge in [-0.1, -0.05) is 36.4 Å². The summed E-state index contributed by atoms with van der Waals surface area (Å²) >= 11 is 1.33. The second-order valence-electron chi connectivity index (χ2n) is 5.72. The normalized spacial score (nSPS) is 11.4. The van der Waals surface area contributed by atoms with E-state index in [1.165, 1.54) is 11.3 Å². The third-order valence-electron chi connectivity index (χ3n) is 3.82. The van der Waals surface area contributed by atoms with Crippen molar-refractivity contribution < 1.29 is 14.3 Å². The van der Waals surface area contributed by atoms with E-state index < -0.39 is 6.17 Å². The molecule has 1 amide bonds. The number of thiophene rings is 1. The summed E-state index contributed by atoms with van der Waals surface area (Å²) in [6.45, 7) is 2.50. The first-order valence-corrected chi connectivity index (χ1v) is 9.48. The Kier molecular flexibility index (Phi) is 6.22. The van der Waals surface area contributed by atoms with Crippen LogP contribution in [0.5, 0.6) is 5.75 Å². The number of hydrogen-bond donors (Lipinski definition) is 2. The van der Waals surface area contributed by atoms with Crippen LogP contribution >= 0.6 is 11.3 Å². The Labute approximate surface area is 162 Å². The topological polar surface area (TPSA) is 67.4 Å². The number of nitrogens with one attached hydrogen (secondary N) is 2. The average Bonchev–Trinajstić information content (AvgIpc) is 3.24. The minimum Gasteiger partial charge on any atom is -0.494 e. The molecule has 1 aromatic heterocycles. The zero-order valence-electron chi connectivity index (χ0n) is 14.8. The van der Waals surface area contributed by atoms with Crippen LogP contribution in [0.25, 0.3) is 0 Å². The lowest BCUT2D eigenvalue weighted by Crippen LogP contribution is -2.46. The van der Waals surface area contributed by atoms with Gasteiger partial charge in [0.15, 0.2) is 6.17 Å². The van der Waals surface area contributed by atoms with E-state index in [1.807, 2.05) is 42.6 Å². The van der Waals surface area contributed by atoms with E-state index in [4.69, 9.17) is 4.74 Å². The molecular weight excluding hydrogens is 360 g/mol. The Hall–Kier alpha value is -3.12. The monoisotopic (exact) mass is 380 g/mol. The van der Waals surface area contributed by atoms with E-state index in [9.17, 15) is 9.59 Å². The fraction of sp³-hybridized carbons (Fsp3) is 0.143. The fourth-order valence-electron chi connectivity index (χ4n) is 2.53. The molecule has 3 rings (SSSR count). The molecule has 0 saturated carbocycles. The maximum absolute atomic E-state index is 12.9. The number of ether oxygens (including phenoxy) is 1. The van der Waals surface area contributed by atoms with E-state index in [1.54, 1.807) is 36.4 Å². The minimum atomic E-state index is -0.889. The van der Waals surface area contributed by atoms with E-state index in [2.05, 4.69) is 10.6 Å². The van der Waals surface area contributed by atoms with Crippen molar-refractivity contribution in [2.45, 2.75) is 13.1 Å². The zero-order chi connectivity index (χ0) is 19.1. The molecule has 0 aliphatic carbocycles. The van der Waals surface area contributed by atoms with Gasteiger partial charge in [-0.15, -0.1) is 11.3 Å². The first kappa shape index (κ1) is 18.7. The molecule has 0 bridgehead atoms. The van der Waals surface area contributed by atoms with Crippen molar-refractivity contribution >= 4 is 28.7 Å². The van der Waals surface area contributed by atoms with Crippen molar-refractivity contribution in [1.29, 1.82) is 0 Å². The maximum Gasteiger partial charge on any atom is 0.263 e. The van der Waals surface area contributed by atoms with Crippen LogP contribution < -0.4 is 15.4 Å². The molecule has 0 radical (unpaired) electrons. The van der Waals surface area contributed by atoms with Crippen LogP contribution in [-0.4, -0.2) is 24.5 Å². The number of Topliss-reactive ketones (excluding diaryl/α,β-unsaturated/α-hetero) is 1. The Morgan fingerprint density at radius 3 is 2.37 bits per heavy atom. The molecule has 27 heavy (non-hydrogen) atoms. The van der Waals surface area contributed by atoms with Crippen molar-refractivity contribution in [3.05, 3.63) is 82.6 Å². The van der Waals surface area contributed by atoms with Gasteiger partial charge in [0.25, 0.3) is 5.91 Å². The lowest BCUT2D eigenvalue weighted by molar-refractivity contribution is 0.0872. The van der Waals surface area contributed by atoms with Crippen LogP contribution in [0.15, 0.2) is 72.1 Å². The van der Waals surface area contributed by atoms with Gasteiger partial charge in [-0.2, -0.15) is 0 Å². The first-order chi connectivity index (χ1) is 13.2. The molecule has 0 spiro atoms. The zero-order valence-corrected chi connectivity index (χ0v) is 15.7. The summed E-state index contributed by atoms with van der Waals surface area (Å²) in [4.78, 5) is 25.9. The van der Waals surface area contributed by atoms with Gasteiger partial charge in [-0.25, -0.2) is 0 Å². The van der Waals surface area contributed by atoms with Gasteiger partial charge in [-0.05, 0) is 42.6 Å². The average molecular weight is 380 g/mol. The molecule has 0 fully saturated rings. The molecule has 2 aromatic carbocycles. The summed E-state index contributed by atoms with van der Waals surface area (Å²) in [5.41, 5.74) is 1.23. The summed E-state index contributed by atoms with van der Waals surface area (Å²) < 4.78 is 5.43. The summed E-state index contributed by atoms with van der Waals surface area (Å²) in [5.74, 6) is 0.240. The minimum absolute atomic E-state index is 0.214. The highest BCUT2D eigenvalue weighted by Gasteiger charge is 2.23. The second-order valence-corrected chi connectivity index (χ2v) is 6.66. The molecule has 0 aliphatic heterocycles. The highest BCUT2D eigenvalue weighted by atomic mass is 32.1. The Balaban J connectivity index is 1.80. The van der Waals surface area contributed by atoms with E-state index in [0.717, 1.165) is 5.75 Å². The molecular formula is C21H20N2O3S. The van der Waals surface area contributed by atoms with Crippen molar-refractivity contribution in [3.8, 4) is 5.75 Å². The number of rotatable bonds is 8. The lowest BCUT2D eigenvalue weighted by Gasteiger charge is -2.20. The Morgan fingerprint density at radius 1 is 1.00 bits per heavy atom. The number of benzene rings is 2. The third kappa shape index (κ3) is 4.95. The van der Waals surface area contributed by atoms with Crippen LogP contribution in [0, 0.1) is 0 Å². The molecule has 138 valence electrons. The first-order valence-electron chi connectivity index (χ1n) is 8.60. The van der Waals surface area contributed by atoms with Crippen LogP contribution in [-0.2, 0) is 0 Å². The second kappa shape index (κ2) is 9.00. The number of carbonyl (C=O) groups excluding carboxylic acids is 2. The molecule has 1 atom stereocenters. The van der Waals surface area contributed by atoms with Crippen molar-refractivity contribution in [2.75, 3.05) is 11.9 Å². The van der Waals surface area contributed by atoms with Crippen molar-refractivity contribution in [3.63, 3.8) is 0 Å². The molecule has 1 unspecified atom stereocenters. The van der Waals surface area contributed by atoms with Gasteiger partial charge >= 0.3 is 0 Å².